The Morgan fingerprint density at radius 3 is 2.37 bits per heavy atom. The second kappa shape index (κ2) is 12.3. The first kappa shape index (κ1) is 27.8. The fourth-order valence-electron chi connectivity index (χ4n) is 3.21. The van der Waals surface area contributed by atoms with E-state index in [1.807, 2.05) is 13.8 Å². The average molecular weight is 511 g/mol. The lowest BCUT2D eigenvalue weighted by molar-refractivity contribution is -0.158. The van der Waals surface area contributed by atoms with Gasteiger partial charge in [-0.15, -0.1) is 0 Å². The molecule has 1 N–H and O–H groups in total. The van der Waals surface area contributed by atoms with Crippen LogP contribution in [0.5, 0.6) is 17.2 Å². The Morgan fingerprint density at radius 1 is 1.11 bits per heavy atom. The Bertz CT molecular complexity index is 1060. The number of hydrogen-bond donors (Lipinski definition) is 1. The molecule has 0 bridgehead atoms. The van der Waals surface area contributed by atoms with Crippen molar-refractivity contribution in [2.24, 2.45) is 5.92 Å². The highest BCUT2D eigenvalue weighted by Crippen LogP contribution is 2.30. The van der Waals surface area contributed by atoms with Crippen LogP contribution in [-0.4, -0.2) is 48.2 Å². The van der Waals surface area contributed by atoms with Gasteiger partial charge in [0, 0.05) is 30.3 Å². The predicted molar refractivity (Wildman–Crippen MR) is 125 cm³/mol. The van der Waals surface area contributed by atoms with E-state index in [2.05, 4.69) is 10.3 Å². The minimum absolute atomic E-state index is 0.124. The van der Waals surface area contributed by atoms with Crippen LogP contribution in [-0.2, 0) is 14.3 Å². The summed E-state index contributed by atoms with van der Waals surface area (Å²) in [6, 6.07) is 4.11. The molecule has 0 radical (unpaired) electrons. The van der Waals surface area contributed by atoms with Crippen molar-refractivity contribution in [3.63, 3.8) is 0 Å². The molecule has 2 aromatic rings. The van der Waals surface area contributed by atoms with Crippen LogP contribution in [0, 0.1) is 11.7 Å². The third-order valence-corrected chi connectivity index (χ3v) is 5.00. The van der Waals surface area contributed by atoms with Crippen molar-refractivity contribution in [2.45, 2.75) is 52.9 Å². The molecule has 35 heavy (non-hydrogen) atoms. The number of carbonyl (C=O) groups is 3. The van der Waals surface area contributed by atoms with E-state index in [9.17, 15) is 18.8 Å². The molecule has 0 spiro atoms. The summed E-state index contributed by atoms with van der Waals surface area (Å²) in [6.07, 6.45) is -0.0817. The molecule has 0 aliphatic heterocycles. The molecule has 0 aliphatic carbocycles. The van der Waals surface area contributed by atoms with Crippen LogP contribution in [0.3, 0.4) is 0 Å². The van der Waals surface area contributed by atoms with Crippen molar-refractivity contribution in [1.82, 2.24) is 10.3 Å². The zero-order chi connectivity index (χ0) is 26.3. The maximum Gasteiger partial charge on any atom is 0.328 e. The summed E-state index contributed by atoms with van der Waals surface area (Å²) in [5, 5.41) is 2.65. The average Bonchev–Trinajstić information content (AvgIpc) is 2.75. The molecule has 1 amide bonds. The van der Waals surface area contributed by atoms with Gasteiger partial charge in [-0.2, -0.15) is 0 Å². The lowest BCUT2D eigenvalue weighted by atomic mass is 10.0. The molecule has 190 valence electrons. The number of amides is 1. The van der Waals surface area contributed by atoms with Crippen molar-refractivity contribution in [3.8, 4) is 17.2 Å². The molecule has 9 nitrogen and oxygen atoms in total. The first-order valence-electron chi connectivity index (χ1n) is 10.8. The van der Waals surface area contributed by atoms with Gasteiger partial charge in [-0.05, 0) is 31.9 Å². The normalized spacial score (nSPS) is 13.4. The number of esters is 2. The first-order valence-corrected chi connectivity index (χ1v) is 11.2. The highest BCUT2D eigenvalue weighted by molar-refractivity contribution is 6.30. The summed E-state index contributed by atoms with van der Waals surface area (Å²) in [5.41, 5.74) is -0.237. The molecule has 0 saturated heterocycles. The molecule has 0 unspecified atom stereocenters. The summed E-state index contributed by atoms with van der Waals surface area (Å²) in [7, 11) is 1.34. The fraction of sp³-hybridized carbons (Fsp3) is 0.417. The minimum Gasteiger partial charge on any atom is -0.493 e. The summed E-state index contributed by atoms with van der Waals surface area (Å²) in [5.74, 6) is -2.77. The number of halogens is 2. The Labute approximate surface area is 207 Å². The van der Waals surface area contributed by atoms with Crippen LogP contribution in [0.2, 0.25) is 5.02 Å². The molecule has 0 fully saturated rings. The fourth-order valence-corrected chi connectivity index (χ4v) is 3.42. The third-order valence-electron chi connectivity index (χ3n) is 4.78. The molecule has 1 heterocycles. The number of rotatable bonds is 10. The standard InChI is InChI=1S/C24H28ClFN2O7/c1-12(2)21(14(4)33-18-10-16(25)9-17(26)11-18)35-24(31)13(3)28-23(30)20-22(34-15(5)29)19(32-6)7-8-27-20/h7-14,21H,1-6H3,(H,28,30)/t13-,14-,21+/m0/s1. The Balaban J connectivity index is 2.12. The summed E-state index contributed by atoms with van der Waals surface area (Å²) in [6.45, 7) is 7.92. The zero-order valence-corrected chi connectivity index (χ0v) is 21.0. The van der Waals surface area contributed by atoms with Gasteiger partial charge in [0.1, 0.15) is 29.8 Å². The lowest BCUT2D eigenvalue weighted by Crippen LogP contribution is -2.45. The number of methoxy groups -OCH3 is 1. The van der Waals surface area contributed by atoms with Crippen molar-refractivity contribution in [3.05, 3.63) is 47.0 Å². The van der Waals surface area contributed by atoms with Crippen molar-refractivity contribution in [2.75, 3.05) is 7.11 Å². The monoisotopic (exact) mass is 510 g/mol. The van der Waals surface area contributed by atoms with Crippen LogP contribution in [0.15, 0.2) is 30.5 Å². The van der Waals surface area contributed by atoms with Crippen LogP contribution < -0.4 is 19.5 Å². The van der Waals surface area contributed by atoms with Gasteiger partial charge < -0.3 is 24.3 Å². The molecule has 0 saturated carbocycles. The number of hydrogen-bond acceptors (Lipinski definition) is 8. The second-order valence-corrected chi connectivity index (χ2v) is 8.49. The smallest absolute Gasteiger partial charge is 0.328 e. The summed E-state index contributed by atoms with van der Waals surface area (Å²) < 4.78 is 35.2. The largest absolute Gasteiger partial charge is 0.493 e. The molecule has 2 rings (SSSR count). The van der Waals surface area contributed by atoms with E-state index in [-0.39, 0.29) is 33.9 Å². The van der Waals surface area contributed by atoms with E-state index in [4.69, 9.17) is 30.5 Å². The van der Waals surface area contributed by atoms with E-state index in [0.29, 0.717) is 0 Å². The van der Waals surface area contributed by atoms with E-state index in [1.54, 1.807) is 6.92 Å². The number of ether oxygens (including phenoxy) is 4. The number of aromatic nitrogens is 1. The van der Waals surface area contributed by atoms with E-state index in [0.717, 1.165) is 6.07 Å². The molecular formula is C24H28ClFN2O7. The van der Waals surface area contributed by atoms with Gasteiger partial charge in [0.2, 0.25) is 5.75 Å². The summed E-state index contributed by atoms with van der Waals surface area (Å²) >= 11 is 5.87. The summed E-state index contributed by atoms with van der Waals surface area (Å²) in [4.78, 5) is 41.0. The number of pyridine rings is 1. The highest BCUT2D eigenvalue weighted by atomic mass is 35.5. The molecular weight excluding hydrogens is 483 g/mol. The van der Waals surface area contributed by atoms with Crippen LogP contribution in [0.25, 0.3) is 0 Å². The van der Waals surface area contributed by atoms with Crippen LogP contribution >= 0.6 is 11.6 Å². The Kier molecular flexibility index (Phi) is 9.82. The quantitative estimate of drug-likeness (QED) is 0.478. The van der Waals surface area contributed by atoms with Gasteiger partial charge in [-0.3, -0.25) is 9.59 Å². The van der Waals surface area contributed by atoms with Gasteiger partial charge in [-0.25, -0.2) is 14.2 Å². The van der Waals surface area contributed by atoms with Crippen LogP contribution in [0.1, 0.15) is 45.1 Å². The molecule has 3 atom stereocenters. The first-order chi connectivity index (χ1) is 16.4. The van der Waals surface area contributed by atoms with Gasteiger partial charge in [0.05, 0.1) is 7.11 Å². The van der Waals surface area contributed by atoms with E-state index >= 15 is 0 Å². The topological polar surface area (TPSA) is 113 Å². The van der Waals surface area contributed by atoms with Gasteiger partial charge in [-0.1, -0.05) is 25.4 Å². The predicted octanol–water partition coefficient (Wildman–Crippen LogP) is 3.96. The van der Waals surface area contributed by atoms with E-state index < -0.39 is 41.9 Å². The maximum atomic E-state index is 13.6. The number of carbonyl (C=O) groups excluding carboxylic acids is 3. The highest BCUT2D eigenvalue weighted by Gasteiger charge is 2.30. The number of nitrogens with zero attached hydrogens (tertiary/aromatic N) is 1. The van der Waals surface area contributed by atoms with Crippen molar-refractivity contribution in [1.29, 1.82) is 0 Å². The Hall–Kier alpha value is -3.40. The number of nitrogens with one attached hydrogen (secondary N) is 1. The number of benzene rings is 1. The third kappa shape index (κ3) is 7.81. The van der Waals surface area contributed by atoms with Gasteiger partial charge in [0.15, 0.2) is 11.4 Å². The molecule has 11 heteroatoms. The maximum absolute atomic E-state index is 13.6. The van der Waals surface area contributed by atoms with E-state index in [1.165, 1.54) is 45.4 Å². The van der Waals surface area contributed by atoms with Crippen molar-refractivity contribution < 1.29 is 37.7 Å². The lowest BCUT2D eigenvalue weighted by Gasteiger charge is -2.29. The Morgan fingerprint density at radius 2 is 1.80 bits per heavy atom. The zero-order valence-electron chi connectivity index (χ0n) is 20.3. The second-order valence-electron chi connectivity index (χ2n) is 8.05. The van der Waals surface area contributed by atoms with Gasteiger partial charge >= 0.3 is 11.9 Å². The molecule has 0 aliphatic rings. The van der Waals surface area contributed by atoms with Crippen molar-refractivity contribution >= 4 is 29.4 Å². The SMILES string of the molecule is COc1ccnc(C(=O)N[C@@H](C)C(=O)O[C@H](C(C)C)[C@H](C)Oc2cc(F)cc(Cl)c2)c1OC(C)=O. The van der Waals surface area contributed by atoms with Gasteiger partial charge in [0.25, 0.3) is 5.91 Å². The van der Waals surface area contributed by atoms with Crippen LogP contribution in [0.4, 0.5) is 4.39 Å². The molecule has 1 aromatic heterocycles. The minimum atomic E-state index is -1.09. The molecule has 1 aromatic carbocycles.